The molecular formula is C20H30N2O2. The average molecular weight is 330 g/mol. The van der Waals surface area contributed by atoms with Crippen molar-refractivity contribution in [2.45, 2.75) is 57.6 Å². The van der Waals surface area contributed by atoms with Gasteiger partial charge in [-0.25, -0.2) is 0 Å². The van der Waals surface area contributed by atoms with Gasteiger partial charge >= 0.3 is 0 Å². The van der Waals surface area contributed by atoms with Crippen LogP contribution in [-0.4, -0.2) is 54.5 Å². The zero-order valence-corrected chi connectivity index (χ0v) is 15.0. The van der Waals surface area contributed by atoms with Gasteiger partial charge in [-0.2, -0.15) is 0 Å². The Labute approximate surface area is 145 Å². The van der Waals surface area contributed by atoms with Crippen LogP contribution in [0.1, 0.15) is 44.1 Å². The van der Waals surface area contributed by atoms with Crippen LogP contribution in [0.3, 0.4) is 0 Å². The van der Waals surface area contributed by atoms with Gasteiger partial charge in [0.15, 0.2) is 0 Å². The summed E-state index contributed by atoms with van der Waals surface area (Å²) in [7, 11) is 2.15. The number of benzene rings is 1. The third-order valence-electron chi connectivity index (χ3n) is 5.45. The Morgan fingerprint density at radius 2 is 1.79 bits per heavy atom. The van der Waals surface area contributed by atoms with E-state index in [4.69, 9.17) is 4.74 Å². The van der Waals surface area contributed by atoms with Crippen LogP contribution in [0, 0.1) is 6.92 Å². The minimum absolute atomic E-state index is 0.231. The number of amides is 1. The summed E-state index contributed by atoms with van der Waals surface area (Å²) in [5, 5.41) is 0. The molecule has 0 unspecified atom stereocenters. The van der Waals surface area contributed by atoms with Gasteiger partial charge in [-0.05, 0) is 45.5 Å². The fourth-order valence-electron chi connectivity index (χ4n) is 3.77. The average Bonchev–Trinajstić information content (AvgIpc) is 2.59. The van der Waals surface area contributed by atoms with E-state index in [0.717, 1.165) is 44.6 Å². The minimum Gasteiger partial charge on any atom is -0.490 e. The zero-order valence-electron chi connectivity index (χ0n) is 15.0. The molecule has 4 heteroatoms. The highest BCUT2D eigenvalue weighted by atomic mass is 16.5. The Hall–Kier alpha value is -1.55. The third-order valence-corrected chi connectivity index (χ3v) is 5.45. The number of ether oxygens (including phenoxy) is 1. The summed E-state index contributed by atoms with van der Waals surface area (Å²) in [6, 6.07) is 8.66. The molecular weight excluding hydrogens is 300 g/mol. The molecule has 2 aliphatic heterocycles. The number of likely N-dealkylation sites (tertiary alicyclic amines) is 2. The van der Waals surface area contributed by atoms with Crippen molar-refractivity contribution in [3.05, 3.63) is 29.8 Å². The molecule has 0 saturated carbocycles. The van der Waals surface area contributed by atoms with Gasteiger partial charge in [0.2, 0.25) is 5.91 Å². The maximum atomic E-state index is 12.6. The highest BCUT2D eigenvalue weighted by molar-refractivity contribution is 5.77. The molecule has 1 atom stereocenters. The summed E-state index contributed by atoms with van der Waals surface area (Å²) >= 11 is 0. The first-order chi connectivity index (χ1) is 11.6. The molecule has 1 aromatic rings. The molecule has 0 radical (unpaired) electrons. The van der Waals surface area contributed by atoms with Gasteiger partial charge in [-0.1, -0.05) is 24.1 Å². The molecule has 2 fully saturated rings. The maximum absolute atomic E-state index is 12.6. The Morgan fingerprint density at radius 3 is 2.46 bits per heavy atom. The normalized spacial score (nSPS) is 23.2. The predicted octanol–water partition coefficient (Wildman–Crippen LogP) is 3.24. The second kappa shape index (κ2) is 8.02. The van der Waals surface area contributed by atoms with Gasteiger partial charge in [0.1, 0.15) is 11.9 Å². The standard InChI is InChI=1S/C20H30N2O2/c1-16-6-8-18(9-7-16)24-19-10-13-22(14-11-19)20(23)15-17-5-3-4-12-21(17)2/h6-9,17,19H,3-5,10-15H2,1-2H3/t17-/m1/s1. The van der Waals surface area contributed by atoms with E-state index < -0.39 is 0 Å². The van der Waals surface area contributed by atoms with E-state index in [2.05, 4.69) is 31.0 Å². The molecule has 2 heterocycles. The first kappa shape index (κ1) is 17.3. The van der Waals surface area contributed by atoms with Crippen LogP contribution in [0.25, 0.3) is 0 Å². The van der Waals surface area contributed by atoms with Crippen LogP contribution in [0.4, 0.5) is 0 Å². The topological polar surface area (TPSA) is 32.8 Å². The summed E-state index contributed by atoms with van der Waals surface area (Å²) in [6.07, 6.45) is 6.46. The predicted molar refractivity (Wildman–Crippen MR) is 96.3 cm³/mol. The summed E-state index contributed by atoms with van der Waals surface area (Å²) in [5.41, 5.74) is 1.25. The molecule has 0 aliphatic carbocycles. The second-order valence-corrected chi connectivity index (χ2v) is 7.35. The summed E-state index contributed by atoms with van der Waals surface area (Å²) in [5.74, 6) is 1.26. The van der Waals surface area contributed by atoms with Crippen LogP contribution < -0.4 is 4.74 Å². The molecule has 0 bridgehead atoms. The van der Waals surface area contributed by atoms with Crippen LogP contribution >= 0.6 is 0 Å². The smallest absolute Gasteiger partial charge is 0.224 e. The molecule has 0 aromatic heterocycles. The van der Waals surface area contributed by atoms with E-state index in [1.54, 1.807) is 0 Å². The monoisotopic (exact) mass is 330 g/mol. The van der Waals surface area contributed by atoms with Gasteiger partial charge < -0.3 is 14.5 Å². The van der Waals surface area contributed by atoms with Crippen molar-refractivity contribution in [1.82, 2.24) is 9.80 Å². The molecule has 3 rings (SSSR count). The van der Waals surface area contributed by atoms with Gasteiger partial charge in [0.05, 0.1) is 0 Å². The summed E-state index contributed by atoms with van der Waals surface area (Å²) in [6.45, 7) is 4.86. The fourth-order valence-corrected chi connectivity index (χ4v) is 3.77. The van der Waals surface area contributed by atoms with Crippen molar-refractivity contribution in [3.63, 3.8) is 0 Å². The quantitative estimate of drug-likeness (QED) is 0.850. The Kier molecular flexibility index (Phi) is 5.77. The van der Waals surface area contributed by atoms with Crippen LogP contribution in [0.2, 0.25) is 0 Å². The summed E-state index contributed by atoms with van der Waals surface area (Å²) in [4.78, 5) is 17.0. The van der Waals surface area contributed by atoms with Crippen LogP contribution in [0.5, 0.6) is 5.75 Å². The van der Waals surface area contributed by atoms with Crippen molar-refractivity contribution in [3.8, 4) is 5.75 Å². The first-order valence-electron chi connectivity index (χ1n) is 9.33. The van der Waals surface area contributed by atoms with Crippen molar-refractivity contribution >= 4 is 5.91 Å². The van der Waals surface area contributed by atoms with Crippen molar-refractivity contribution in [2.75, 3.05) is 26.7 Å². The Morgan fingerprint density at radius 1 is 1.08 bits per heavy atom. The highest BCUT2D eigenvalue weighted by Crippen LogP contribution is 2.22. The number of aryl methyl sites for hydroxylation is 1. The van der Waals surface area contributed by atoms with Crippen LogP contribution in [-0.2, 0) is 4.79 Å². The molecule has 4 nitrogen and oxygen atoms in total. The lowest BCUT2D eigenvalue weighted by Crippen LogP contribution is -2.45. The number of rotatable bonds is 4. The largest absolute Gasteiger partial charge is 0.490 e. The highest BCUT2D eigenvalue weighted by Gasteiger charge is 2.27. The number of hydrogen-bond donors (Lipinski definition) is 0. The maximum Gasteiger partial charge on any atom is 0.224 e. The number of piperidine rings is 2. The fraction of sp³-hybridized carbons (Fsp3) is 0.650. The summed E-state index contributed by atoms with van der Waals surface area (Å²) < 4.78 is 6.06. The second-order valence-electron chi connectivity index (χ2n) is 7.35. The lowest BCUT2D eigenvalue weighted by molar-refractivity contribution is -0.134. The molecule has 0 spiro atoms. The number of nitrogens with zero attached hydrogens (tertiary/aromatic N) is 2. The number of carbonyl (C=O) groups excluding carboxylic acids is 1. The van der Waals surface area contributed by atoms with Gasteiger partial charge in [-0.15, -0.1) is 0 Å². The Bertz CT molecular complexity index is 535. The molecule has 24 heavy (non-hydrogen) atoms. The van der Waals surface area contributed by atoms with Crippen LogP contribution in [0.15, 0.2) is 24.3 Å². The SMILES string of the molecule is Cc1ccc(OC2CCN(C(=O)C[C@H]3CCCCN3C)CC2)cc1. The van der Waals surface area contributed by atoms with Gasteiger partial charge in [-0.3, -0.25) is 4.79 Å². The van der Waals surface area contributed by atoms with E-state index in [1.165, 1.54) is 18.4 Å². The van der Waals surface area contributed by atoms with E-state index in [-0.39, 0.29) is 6.10 Å². The van der Waals surface area contributed by atoms with E-state index in [0.29, 0.717) is 18.4 Å². The number of carbonyl (C=O) groups is 1. The molecule has 1 amide bonds. The van der Waals surface area contributed by atoms with E-state index in [9.17, 15) is 4.79 Å². The molecule has 2 saturated heterocycles. The van der Waals surface area contributed by atoms with Crippen molar-refractivity contribution < 1.29 is 9.53 Å². The first-order valence-corrected chi connectivity index (χ1v) is 9.33. The Balaban J connectivity index is 1.44. The lowest BCUT2D eigenvalue weighted by Gasteiger charge is -2.36. The molecule has 1 aromatic carbocycles. The molecule has 2 aliphatic rings. The third kappa shape index (κ3) is 4.50. The zero-order chi connectivity index (χ0) is 16.9. The molecule has 0 N–H and O–H groups in total. The molecule has 132 valence electrons. The number of hydrogen-bond acceptors (Lipinski definition) is 3. The van der Waals surface area contributed by atoms with Crippen molar-refractivity contribution in [1.29, 1.82) is 0 Å². The minimum atomic E-state index is 0.231. The lowest BCUT2D eigenvalue weighted by atomic mass is 9.98. The van der Waals surface area contributed by atoms with Gasteiger partial charge in [0.25, 0.3) is 0 Å². The van der Waals surface area contributed by atoms with E-state index >= 15 is 0 Å². The van der Waals surface area contributed by atoms with Crippen molar-refractivity contribution in [2.24, 2.45) is 0 Å². The van der Waals surface area contributed by atoms with Gasteiger partial charge in [0, 0.05) is 38.4 Å². The van der Waals surface area contributed by atoms with E-state index in [1.807, 2.05) is 17.0 Å².